The Kier molecular flexibility index (Phi) is 4.39. The Labute approximate surface area is 139 Å². The lowest BCUT2D eigenvalue weighted by Gasteiger charge is -2.24. The third kappa shape index (κ3) is 3.24. The van der Waals surface area contributed by atoms with Gasteiger partial charge in [-0.05, 0) is 24.0 Å². The molecule has 0 saturated heterocycles. The topological polar surface area (TPSA) is 72.0 Å². The van der Waals surface area contributed by atoms with Crippen molar-refractivity contribution in [3.05, 3.63) is 52.3 Å². The molecule has 1 amide bonds. The molecule has 2 aromatic rings. The predicted octanol–water partition coefficient (Wildman–Crippen LogP) is 3.39. The molecule has 23 heavy (non-hydrogen) atoms. The fourth-order valence-electron chi connectivity index (χ4n) is 2.74. The zero-order chi connectivity index (χ0) is 16.4. The second-order valence-electron chi connectivity index (χ2n) is 5.51. The summed E-state index contributed by atoms with van der Waals surface area (Å²) in [5.41, 5.74) is 2.14. The van der Waals surface area contributed by atoms with Crippen LogP contribution >= 0.6 is 11.6 Å². The molecule has 1 aliphatic carbocycles. The number of benzene rings is 1. The summed E-state index contributed by atoms with van der Waals surface area (Å²) in [5, 5.41) is 3.28. The van der Waals surface area contributed by atoms with E-state index in [1.54, 1.807) is 6.92 Å². The lowest BCUT2D eigenvalue weighted by molar-refractivity contribution is -0.115. The van der Waals surface area contributed by atoms with Crippen molar-refractivity contribution in [1.29, 1.82) is 0 Å². The van der Waals surface area contributed by atoms with Crippen LogP contribution < -0.4 is 5.32 Å². The van der Waals surface area contributed by atoms with Crippen molar-refractivity contribution in [2.45, 2.75) is 32.1 Å². The van der Waals surface area contributed by atoms with Crippen LogP contribution in [0.4, 0.5) is 5.95 Å². The first-order valence-electron chi connectivity index (χ1n) is 7.52. The summed E-state index contributed by atoms with van der Waals surface area (Å²) in [6.07, 6.45) is 2.84. The van der Waals surface area contributed by atoms with Crippen LogP contribution in [0.25, 0.3) is 0 Å². The molecule has 1 heterocycles. The third-order valence-corrected chi connectivity index (χ3v) is 4.30. The van der Waals surface area contributed by atoms with E-state index in [1.165, 1.54) is 6.20 Å². The minimum absolute atomic E-state index is 0.00420. The van der Waals surface area contributed by atoms with Crippen LogP contribution in [0.3, 0.4) is 0 Å². The summed E-state index contributed by atoms with van der Waals surface area (Å²) >= 11 is 6.25. The Balaban J connectivity index is 1.91. The molecule has 1 aromatic carbocycles. The van der Waals surface area contributed by atoms with Crippen LogP contribution in [0.2, 0.25) is 5.02 Å². The lowest BCUT2D eigenvalue weighted by Crippen LogP contribution is -2.22. The normalized spacial score (nSPS) is 16.8. The van der Waals surface area contributed by atoms with Crippen molar-refractivity contribution < 1.29 is 9.59 Å². The van der Waals surface area contributed by atoms with Gasteiger partial charge in [0.1, 0.15) is 0 Å². The molecule has 0 radical (unpaired) electrons. The maximum absolute atomic E-state index is 12.4. The van der Waals surface area contributed by atoms with Crippen LogP contribution in [0.15, 0.2) is 30.5 Å². The van der Waals surface area contributed by atoms with E-state index < -0.39 is 0 Å². The van der Waals surface area contributed by atoms with Gasteiger partial charge in [-0.25, -0.2) is 9.97 Å². The minimum atomic E-state index is -0.158. The highest BCUT2D eigenvalue weighted by atomic mass is 35.5. The van der Waals surface area contributed by atoms with Gasteiger partial charge in [-0.3, -0.25) is 14.9 Å². The first-order chi connectivity index (χ1) is 11.1. The molecule has 3 rings (SSSR count). The van der Waals surface area contributed by atoms with Gasteiger partial charge in [0.2, 0.25) is 11.9 Å². The Morgan fingerprint density at radius 3 is 2.87 bits per heavy atom. The second kappa shape index (κ2) is 6.46. The van der Waals surface area contributed by atoms with Gasteiger partial charge in [0.15, 0.2) is 5.78 Å². The van der Waals surface area contributed by atoms with Crippen LogP contribution in [0, 0.1) is 0 Å². The maximum Gasteiger partial charge on any atom is 0.229 e. The zero-order valence-electron chi connectivity index (χ0n) is 12.7. The minimum Gasteiger partial charge on any atom is -0.295 e. The number of ketones is 1. The number of fused-ring (bicyclic) bond motifs is 1. The Morgan fingerprint density at radius 1 is 1.35 bits per heavy atom. The summed E-state index contributed by atoms with van der Waals surface area (Å²) in [6.45, 7) is 1.75. The van der Waals surface area contributed by atoms with Crippen molar-refractivity contribution in [3.63, 3.8) is 0 Å². The zero-order valence-corrected chi connectivity index (χ0v) is 13.4. The number of carbonyl (C=O) groups is 2. The molecular formula is C17H16ClN3O2. The number of anilines is 1. The van der Waals surface area contributed by atoms with Crippen molar-refractivity contribution in [1.82, 2.24) is 9.97 Å². The van der Waals surface area contributed by atoms with Crippen LogP contribution in [-0.2, 0) is 11.2 Å². The fraction of sp³-hybridized carbons (Fsp3) is 0.294. The van der Waals surface area contributed by atoms with Gasteiger partial charge in [-0.1, -0.05) is 36.7 Å². The predicted molar refractivity (Wildman–Crippen MR) is 87.8 cm³/mol. The average Bonchev–Trinajstić information content (AvgIpc) is 2.54. The second-order valence-corrected chi connectivity index (χ2v) is 5.91. The Hall–Kier alpha value is -2.27. The summed E-state index contributed by atoms with van der Waals surface area (Å²) in [7, 11) is 0. The summed E-state index contributed by atoms with van der Waals surface area (Å²) in [6, 6.07) is 7.54. The van der Waals surface area contributed by atoms with E-state index in [0.29, 0.717) is 35.5 Å². The van der Waals surface area contributed by atoms with Gasteiger partial charge in [-0.15, -0.1) is 0 Å². The van der Waals surface area contributed by atoms with Gasteiger partial charge in [0, 0.05) is 24.1 Å². The first-order valence-corrected chi connectivity index (χ1v) is 7.89. The van der Waals surface area contributed by atoms with Crippen LogP contribution in [-0.4, -0.2) is 21.7 Å². The fourth-order valence-corrected chi connectivity index (χ4v) is 3.03. The molecule has 118 valence electrons. The quantitative estimate of drug-likeness (QED) is 0.936. The maximum atomic E-state index is 12.4. The smallest absolute Gasteiger partial charge is 0.229 e. The summed E-state index contributed by atoms with van der Waals surface area (Å²) < 4.78 is 0. The van der Waals surface area contributed by atoms with Crippen LogP contribution in [0.5, 0.6) is 0 Å². The monoisotopic (exact) mass is 329 g/mol. The van der Waals surface area contributed by atoms with Crippen molar-refractivity contribution in [2.24, 2.45) is 0 Å². The van der Waals surface area contributed by atoms with Gasteiger partial charge < -0.3 is 0 Å². The van der Waals surface area contributed by atoms with E-state index in [2.05, 4.69) is 15.3 Å². The number of nitrogens with zero attached hydrogens (tertiary/aromatic N) is 2. The number of carbonyl (C=O) groups excluding carboxylic acids is 2. The highest BCUT2D eigenvalue weighted by Crippen LogP contribution is 2.35. The number of rotatable bonds is 3. The van der Waals surface area contributed by atoms with E-state index in [4.69, 9.17) is 11.6 Å². The summed E-state index contributed by atoms with van der Waals surface area (Å²) in [5.74, 6) is 0.0795. The highest BCUT2D eigenvalue weighted by Gasteiger charge is 2.29. The molecule has 1 N–H and O–H groups in total. The van der Waals surface area contributed by atoms with Gasteiger partial charge in [-0.2, -0.15) is 0 Å². The average molecular weight is 330 g/mol. The van der Waals surface area contributed by atoms with Gasteiger partial charge >= 0.3 is 0 Å². The molecule has 0 unspecified atom stereocenters. The third-order valence-electron chi connectivity index (χ3n) is 3.96. The Bertz CT molecular complexity index is 776. The molecule has 6 heteroatoms. The van der Waals surface area contributed by atoms with E-state index >= 15 is 0 Å². The van der Waals surface area contributed by atoms with E-state index in [9.17, 15) is 9.59 Å². The van der Waals surface area contributed by atoms with Crippen LogP contribution in [0.1, 0.15) is 47.3 Å². The number of amides is 1. The molecule has 0 spiro atoms. The van der Waals surface area contributed by atoms with E-state index in [-0.39, 0.29) is 23.6 Å². The molecule has 1 aliphatic rings. The molecule has 0 bridgehead atoms. The number of aromatic nitrogens is 2. The SMILES string of the molecule is CCC(=O)Nc1ncc2c(n1)C[C@H](c1ccccc1Cl)CC2=O. The number of hydrogen-bond donors (Lipinski definition) is 1. The van der Waals surface area contributed by atoms with Crippen molar-refractivity contribution in [3.8, 4) is 0 Å². The number of halogens is 1. The standard InChI is InChI=1S/C17H16ClN3O2/c1-2-16(23)21-17-19-9-12-14(20-17)7-10(8-15(12)22)11-5-3-4-6-13(11)18/h3-6,9-10H,2,7-8H2,1H3,(H,19,20,21,23)/t10-/m0/s1. The summed E-state index contributed by atoms with van der Waals surface area (Å²) in [4.78, 5) is 32.2. The largest absolute Gasteiger partial charge is 0.295 e. The van der Waals surface area contributed by atoms with Gasteiger partial charge in [0.05, 0.1) is 11.3 Å². The number of Topliss-reactive ketones (excluding diaryl/α,β-unsaturated/α-hetero) is 1. The molecular weight excluding hydrogens is 314 g/mol. The molecule has 0 aliphatic heterocycles. The van der Waals surface area contributed by atoms with Crippen molar-refractivity contribution >= 4 is 29.2 Å². The number of nitrogens with one attached hydrogen (secondary N) is 1. The van der Waals surface area contributed by atoms with E-state index in [1.807, 2.05) is 24.3 Å². The molecule has 1 aromatic heterocycles. The molecule has 1 atom stereocenters. The number of hydrogen-bond acceptors (Lipinski definition) is 4. The molecule has 5 nitrogen and oxygen atoms in total. The molecule has 0 saturated carbocycles. The highest BCUT2D eigenvalue weighted by molar-refractivity contribution is 6.31. The Morgan fingerprint density at radius 2 is 2.13 bits per heavy atom. The van der Waals surface area contributed by atoms with Gasteiger partial charge in [0.25, 0.3) is 0 Å². The molecule has 0 fully saturated rings. The first kappa shape index (κ1) is 15.6. The lowest BCUT2D eigenvalue weighted by atomic mass is 9.82. The van der Waals surface area contributed by atoms with Crippen molar-refractivity contribution in [2.75, 3.05) is 5.32 Å². The van der Waals surface area contributed by atoms with E-state index in [0.717, 1.165) is 5.56 Å².